The number of para-hydroxylation sites is 1. The maximum absolute atomic E-state index is 8.97. The summed E-state index contributed by atoms with van der Waals surface area (Å²) < 4.78 is 5.57. The number of aliphatic hydroxyl groups is 1. The minimum Gasteiger partial charge on any atom is -0.489 e. The predicted molar refractivity (Wildman–Crippen MR) is 66.8 cm³/mol. The fourth-order valence-electron chi connectivity index (χ4n) is 1.34. The molecule has 1 aromatic rings. The molecule has 16 heavy (non-hydrogen) atoms. The second kappa shape index (κ2) is 5.61. The monoisotopic (exact) mass is 224 g/mol. The molecule has 1 rings (SSSR count). The summed E-state index contributed by atoms with van der Waals surface area (Å²) in [6, 6.07) is 5.55. The minimum absolute atomic E-state index is 0.0309. The molecule has 0 aromatic heterocycles. The van der Waals surface area contributed by atoms with Gasteiger partial charge in [0.15, 0.2) is 0 Å². The van der Waals surface area contributed by atoms with Gasteiger partial charge in [0.05, 0.1) is 24.1 Å². The number of nitrogens with two attached hydrogens (primary N) is 1. The molecule has 0 aliphatic carbocycles. The molecule has 4 N–H and O–H groups in total. The molecule has 90 valence electrons. The third-order valence-electron chi connectivity index (χ3n) is 2.10. The van der Waals surface area contributed by atoms with E-state index in [1.807, 2.05) is 39.0 Å². The van der Waals surface area contributed by atoms with Crippen molar-refractivity contribution in [2.24, 2.45) is 0 Å². The highest BCUT2D eigenvalue weighted by molar-refractivity contribution is 5.73. The van der Waals surface area contributed by atoms with E-state index in [0.717, 1.165) is 5.69 Å². The van der Waals surface area contributed by atoms with E-state index in [-0.39, 0.29) is 18.8 Å². The summed E-state index contributed by atoms with van der Waals surface area (Å²) in [5.74, 6) is 0.671. The Morgan fingerprint density at radius 3 is 2.62 bits per heavy atom. The SMILES string of the molecule is CC(CO)Nc1cccc(OC(C)C)c1N. The molecule has 0 aliphatic rings. The molecule has 1 unspecified atom stereocenters. The minimum atomic E-state index is -0.0309. The van der Waals surface area contributed by atoms with Crippen LogP contribution in [0, 0.1) is 0 Å². The highest BCUT2D eigenvalue weighted by atomic mass is 16.5. The Hall–Kier alpha value is -1.42. The van der Waals surface area contributed by atoms with E-state index in [0.29, 0.717) is 11.4 Å². The molecule has 0 saturated heterocycles. The molecule has 0 heterocycles. The molecule has 1 atom stereocenters. The Morgan fingerprint density at radius 1 is 1.38 bits per heavy atom. The van der Waals surface area contributed by atoms with Crippen molar-refractivity contribution in [1.29, 1.82) is 0 Å². The molecule has 0 amide bonds. The smallest absolute Gasteiger partial charge is 0.144 e. The van der Waals surface area contributed by atoms with Crippen LogP contribution in [0.4, 0.5) is 11.4 Å². The van der Waals surface area contributed by atoms with Crippen LogP contribution < -0.4 is 15.8 Å². The molecule has 0 aliphatic heterocycles. The normalized spacial score (nSPS) is 12.6. The highest BCUT2D eigenvalue weighted by Gasteiger charge is 2.09. The topological polar surface area (TPSA) is 67.5 Å². The van der Waals surface area contributed by atoms with E-state index in [2.05, 4.69) is 5.32 Å². The molecule has 1 aromatic carbocycles. The largest absolute Gasteiger partial charge is 0.489 e. The Morgan fingerprint density at radius 2 is 2.06 bits per heavy atom. The Balaban J connectivity index is 2.86. The van der Waals surface area contributed by atoms with Gasteiger partial charge in [-0.1, -0.05) is 6.07 Å². The van der Waals surface area contributed by atoms with Gasteiger partial charge >= 0.3 is 0 Å². The number of rotatable bonds is 5. The number of aliphatic hydroxyl groups excluding tert-OH is 1. The van der Waals surface area contributed by atoms with Gasteiger partial charge in [0, 0.05) is 6.04 Å². The third-order valence-corrected chi connectivity index (χ3v) is 2.10. The van der Waals surface area contributed by atoms with Crippen molar-refractivity contribution in [1.82, 2.24) is 0 Å². The summed E-state index contributed by atoms with van der Waals surface area (Å²) in [5, 5.41) is 12.1. The quantitative estimate of drug-likeness (QED) is 0.668. The van der Waals surface area contributed by atoms with E-state index in [9.17, 15) is 0 Å². The van der Waals surface area contributed by atoms with Crippen LogP contribution in [0.25, 0.3) is 0 Å². The molecule has 0 saturated carbocycles. The summed E-state index contributed by atoms with van der Waals surface area (Å²) in [6.45, 7) is 5.86. The lowest BCUT2D eigenvalue weighted by molar-refractivity contribution is 0.244. The standard InChI is InChI=1S/C12H20N2O2/c1-8(2)16-11-6-4-5-10(12(11)13)14-9(3)7-15/h4-6,8-9,14-15H,7,13H2,1-3H3. The molecular weight excluding hydrogens is 204 g/mol. The van der Waals surface area contributed by atoms with Crippen LogP contribution in [-0.4, -0.2) is 23.9 Å². The average Bonchev–Trinajstić information content (AvgIpc) is 2.23. The zero-order chi connectivity index (χ0) is 12.1. The van der Waals surface area contributed by atoms with E-state index in [1.165, 1.54) is 0 Å². The van der Waals surface area contributed by atoms with E-state index in [4.69, 9.17) is 15.6 Å². The number of hydrogen-bond acceptors (Lipinski definition) is 4. The molecule has 4 heteroatoms. The Bertz CT molecular complexity index is 340. The first-order valence-corrected chi connectivity index (χ1v) is 5.47. The lowest BCUT2D eigenvalue weighted by atomic mass is 10.2. The zero-order valence-electron chi connectivity index (χ0n) is 10.0. The lowest BCUT2D eigenvalue weighted by Crippen LogP contribution is -2.20. The first-order chi connectivity index (χ1) is 7.54. The first kappa shape index (κ1) is 12.6. The fraction of sp³-hybridized carbons (Fsp3) is 0.500. The van der Waals surface area contributed by atoms with Crippen LogP contribution in [-0.2, 0) is 0 Å². The highest BCUT2D eigenvalue weighted by Crippen LogP contribution is 2.30. The van der Waals surface area contributed by atoms with Crippen LogP contribution in [0.3, 0.4) is 0 Å². The summed E-state index contributed by atoms with van der Waals surface area (Å²) in [6.07, 6.45) is 0.0906. The number of nitrogens with one attached hydrogen (secondary N) is 1. The lowest BCUT2D eigenvalue weighted by Gasteiger charge is -2.18. The second-order valence-electron chi connectivity index (χ2n) is 4.11. The van der Waals surface area contributed by atoms with Crippen LogP contribution in [0.5, 0.6) is 5.75 Å². The van der Waals surface area contributed by atoms with Crippen LogP contribution in [0.15, 0.2) is 18.2 Å². The van der Waals surface area contributed by atoms with Gasteiger partial charge in [-0.25, -0.2) is 0 Å². The second-order valence-corrected chi connectivity index (χ2v) is 4.11. The number of anilines is 2. The molecule has 0 radical (unpaired) electrons. The van der Waals surface area contributed by atoms with E-state index in [1.54, 1.807) is 0 Å². The van der Waals surface area contributed by atoms with E-state index < -0.39 is 0 Å². The summed E-state index contributed by atoms with van der Waals surface area (Å²) in [5.41, 5.74) is 7.34. The van der Waals surface area contributed by atoms with Gasteiger partial charge in [0.25, 0.3) is 0 Å². The Labute approximate surface area is 96.4 Å². The first-order valence-electron chi connectivity index (χ1n) is 5.47. The van der Waals surface area contributed by atoms with Crippen molar-refractivity contribution in [3.63, 3.8) is 0 Å². The van der Waals surface area contributed by atoms with Gasteiger partial charge in [0.1, 0.15) is 5.75 Å². The van der Waals surface area contributed by atoms with Crippen LogP contribution in [0.2, 0.25) is 0 Å². The number of nitrogen functional groups attached to an aromatic ring is 1. The molecule has 0 fully saturated rings. The molecule has 0 bridgehead atoms. The molecule has 4 nitrogen and oxygen atoms in total. The molecular formula is C12H20N2O2. The maximum Gasteiger partial charge on any atom is 0.144 e. The fourth-order valence-corrected chi connectivity index (χ4v) is 1.34. The average molecular weight is 224 g/mol. The van der Waals surface area contributed by atoms with Gasteiger partial charge < -0.3 is 20.9 Å². The van der Waals surface area contributed by atoms with Crippen LogP contribution in [0.1, 0.15) is 20.8 Å². The van der Waals surface area contributed by atoms with Gasteiger partial charge in [0.2, 0.25) is 0 Å². The zero-order valence-corrected chi connectivity index (χ0v) is 10.0. The van der Waals surface area contributed by atoms with Gasteiger partial charge in [-0.15, -0.1) is 0 Å². The van der Waals surface area contributed by atoms with Gasteiger partial charge in [-0.3, -0.25) is 0 Å². The number of ether oxygens (including phenoxy) is 1. The van der Waals surface area contributed by atoms with Crippen molar-refractivity contribution in [2.45, 2.75) is 32.9 Å². The van der Waals surface area contributed by atoms with Crippen molar-refractivity contribution < 1.29 is 9.84 Å². The van der Waals surface area contributed by atoms with Crippen LogP contribution >= 0.6 is 0 Å². The van der Waals surface area contributed by atoms with Crippen molar-refractivity contribution in [2.75, 3.05) is 17.7 Å². The molecule has 0 spiro atoms. The van der Waals surface area contributed by atoms with Gasteiger partial charge in [-0.05, 0) is 32.9 Å². The van der Waals surface area contributed by atoms with Crippen molar-refractivity contribution in [3.05, 3.63) is 18.2 Å². The number of hydrogen-bond donors (Lipinski definition) is 3. The maximum atomic E-state index is 8.97. The van der Waals surface area contributed by atoms with E-state index >= 15 is 0 Å². The third kappa shape index (κ3) is 3.31. The number of benzene rings is 1. The van der Waals surface area contributed by atoms with Crippen molar-refractivity contribution in [3.8, 4) is 5.75 Å². The van der Waals surface area contributed by atoms with Gasteiger partial charge in [-0.2, -0.15) is 0 Å². The summed E-state index contributed by atoms with van der Waals surface area (Å²) >= 11 is 0. The Kier molecular flexibility index (Phi) is 4.43. The predicted octanol–water partition coefficient (Wildman–Crippen LogP) is 1.85. The summed E-state index contributed by atoms with van der Waals surface area (Å²) in [4.78, 5) is 0. The van der Waals surface area contributed by atoms with Crippen molar-refractivity contribution >= 4 is 11.4 Å². The summed E-state index contributed by atoms with van der Waals surface area (Å²) in [7, 11) is 0.